The average Bonchev–Trinajstić information content (AvgIpc) is 3.24. The Hall–Kier alpha value is -2.66. The number of halogens is 1. The van der Waals surface area contributed by atoms with Crippen LogP contribution in [0.5, 0.6) is 0 Å². The fourth-order valence-corrected chi connectivity index (χ4v) is 4.26. The number of amides is 2. The molecular weight excluding hydrogens is 362 g/mol. The Morgan fingerprint density at radius 3 is 2.30 bits per heavy atom. The quantitative estimate of drug-likeness (QED) is 0.880. The Labute approximate surface area is 162 Å². The van der Waals surface area contributed by atoms with Crippen molar-refractivity contribution in [3.63, 3.8) is 0 Å². The first kappa shape index (κ1) is 17.7. The van der Waals surface area contributed by atoms with Crippen molar-refractivity contribution in [1.82, 2.24) is 4.90 Å². The molecule has 1 spiro atoms. The van der Waals surface area contributed by atoms with Crippen molar-refractivity contribution in [2.45, 2.75) is 37.4 Å². The number of benzene rings is 2. The molecule has 0 bridgehead atoms. The maximum atomic E-state index is 13.4. The van der Waals surface area contributed by atoms with Gasteiger partial charge >= 0.3 is 0 Å². The van der Waals surface area contributed by atoms with Crippen LogP contribution in [-0.2, 0) is 9.59 Å². The van der Waals surface area contributed by atoms with Crippen LogP contribution in [0.4, 0.5) is 0 Å². The van der Waals surface area contributed by atoms with Gasteiger partial charge in [-0.2, -0.15) is 0 Å². The number of hydrogen-bond donors (Lipinski definition) is 1. The largest absolute Gasteiger partial charge is 0.368 e. The summed E-state index contributed by atoms with van der Waals surface area (Å²) in [4.78, 5) is 32.3. The summed E-state index contributed by atoms with van der Waals surface area (Å²) < 4.78 is 0. The minimum Gasteiger partial charge on any atom is -0.368 e. The molecule has 0 radical (unpaired) electrons. The molecule has 1 unspecified atom stereocenters. The van der Waals surface area contributed by atoms with Crippen LogP contribution >= 0.6 is 11.6 Å². The number of carbonyl (C=O) groups excluding carboxylic acids is 2. The van der Waals surface area contributed by atoms with Gasteiger partial charge in [-0.3, -0.25) is 19.5 Å². The van der Waals surface area contributed by atoms with E-state index >= 15 is 0 Å². The summed E-state index contributed by atoms with van der Waals surface area (Å²) in [6.45, 7) is 0. The van der Waals surface area contributed by atoms with Gasteiger partial charge in [0.15, 0.2) is 0 Å². The predicted molar refractivity (Wildman–Crippen MR) is 104 cm³/mol. The van der Waals surface area contributed by atoms with Crippen LogP contribution in [0.15, 0.2) is 59.6 Å². The van der Waals surface area contributed by atoms with Crippen molar-refractivity contribution >= 4 is 29.1 Å². The Bertz CT molecular complexity index is 903. The smallest absolute Gasteiger partial charge is 0.275 e. The first-order chi connectivity index (χ1) is 13.0. The monoisotopic (exact) mass is 381 g/mol. The van der Waals surface area contributed by atoms with Crippen LogP contribution in [0.25, 0.3) is 0 Å². The van der Waals surface area contributed by atoms with Gasteiger partial charge in [-0.15, -0.1) is 0 Å². The molecule has 1 aliphatic carbocycles. The molecule has 6 heteroatoms. The molecule has 2 aromatic rings. The zero-order valence-electron chi connectivity index (χ0n) is 14.8. The summed E-state index contributed by atoms with van der Waals surface area (Å²) in [5.74, 6) is -0.816. The molecule has 1 fully saturated rings. The van der Waals surface area contributed by atoms with Crippen molar-refractivity contribution in [3.05, 3.63) is 70.7 Å². The number of primary amides is 1. The highest BCUT2D eigenvalue weighted by Gasteiger charge is 2.53. The number of nitrogens with zero attached hydrogens (tertiary/aromatic N) is 2. The highest BCUT2D eigenvalue weighted by molar-refractivity contribution is 6.47. The molecule has 2 aromatic carbocycles. The van der Waals surface area contributed by atoms with E-state index < -0.39 is 17.6 Å². The molecule has 2 N–H and O–H groups in total. The van der Waals surface area contributed by atoms with Crippen molar-refractivity contribution < 1.29 is 9.59 Å². The van der Waals surface area contributed by atoms with Crippen molar-refractivity contribution in [2.75, 3.05) is 0 Å². The highest BCUT2D eigenvalue weighted by Crippen LogP contribution is 2.45. The number of aliphatic imine (C=N–C) groups is 1. The minimum absolute atomic E-state index is 0.248. The molecule has 0 saturated heterocycles. The lowest BCUT2D eigenvalue weighted by Gasteiger charge is -2.37. The first-order valence-electron chi connectivity index (χ1n) is 9.06. The van der Waals surface area contributed by atoms with E-state index in [1.165, 1.54) is 0 Å². The van der Waals surface area contributed by atoms with Gasteiger partial charge in [0.05, 0.1) is 0 Å². The lowest BCUT2D eigenvalue weighted by molar-refractivity contribution is -0.139. The van der Waals surface area contributed by atoms with Crippen LogP contribution < -0.4 is 5.73 Å². The summed E-state index contributed by atoms with van der Waals surface area (Å²) in [5.41, 5.74) is 6.87. The third-order valence-electron chi connectivity index (χ3n) is 5.35. The van der Waals surface area contributed by atoms with Crippen LogP contribution in [0, 0.1) is 0 Å². The second-order valence-corrected chi connectivity index (χ2v) is 7.48. The molecular formula is C21H20ClN3O2. The van der Waals surface area contributed by atoms with E-state index in [2.05, 4.69) is 0 Å². The number of carbonyl (C=O) groups is 2. The summed E-state index contributed by atoms with van der Waals surface area (Å²) in [7, 11) is 0. The average molecular weight is 382 g/mol. The first-order valence-corrected chi connectivity index (χ1v) is 9.43. The van der Waals surface area contributed by atoms with Crippen LogP contribution in [-0.4, -0.2) is 28.1 Å². The van der Waals surface area contributed by atoms with Crippen molar-refractivity contribution in [3.8, 4) is 0 Å². The molecule has 2 amide bonds. The van der Waals surface area contributed by atoms with E-state index in [9.17, 15) is 9.59 Å². The van der Waals surface area contributed by atoms with E-state index in [4.69, 9.17) is 22.3 Å². The SMILES string of the molecule is NC(=O)C(c1ccc(Cl)cc1)N1C(=O)C(c2ccccc2)=NC12CCCC2. The lowest BCUT2D eigenvalue weighted by atomic mass is 9.99. The van der Waals surface area contributed by atoms with E-state index in [-0.39, 0.29) is 5.91 Å². The maximum Gasteiger partial charge on any atom is 0.275 e. The molecule has 27 heavy (non-hydrogen) atoms. The molecule has 1 heterocycles. The van der Waals surface area contributed by atoms with Crippen LogP contribution in [0.3, 0.4) is 0 Å². The number of nitrogens with two attached hydrogens (primary N) is 1. The topological polar surface area (TPSA) is 75.8 Å². The minimum atomic E-state index is -0.877. The van der Waals surface area contributed by atoms with Crippen LogP contribution in [0.1, 0.15) is 42.9 Å². The zero-order chi connectivity index (χ0) is 19.0. The van der Waals surface area contributed by atoms with Gasteiger partial charge in [0.1, 0.15) is 17.4 Å². The Kier molecular flexibility index (Phi) is 4.48. The van der Waals surface area contributed by atoms with Gasteiger partial charge in [0.25, 0.3) is 5.91 Å². The van der Waals surface area contributed by atoms with Gasteiger partial charge in [0.2, 0.25) is 5.91 Å². The number of rotatable bonds is 4. The van der Waals surface area contributed by atoms with E-state index in [0.29, 0.717) is 16.3 Å². The predicted octanol–water partition coefficient (Wildman–Crippen LogP) is 3.47. The third-order valence-corrected chi connectivity index (χ3v) is 5.61. The summed E-state index contributed by atoms with van der Waals surface area (Å²) in [6, 6.07) is 15.4. The Morgan fingerprint density at radius 2 is 1.70 bits per heavy atom. The zero-order valence-corrected chi connectivity index (χ0v) is 15.5. The van der Waals surface area contributed by atoms with E-state index in [1.54, 1.807) is 29.2 Å². The fourth-order valence-electron chi connectivity index (χ4n) is 4.13. The summed E-state index contributed by atoms with van der Waals surface area (Å²) in [6.07, 6.45) is 3.38. The molecule has 0 aromatic heterocycles. The normalized spacial score (nSPS) is 19.4. The van der Waals surface area contributed by atoms with Gasteiger partial charge in [0, 0.05) is 10.6 Å². The molecule has 1 aliphatic heterocycles. The van der Waals surface area contributed by atoms with Gasteiger partial charge < -0.3 is 5.73 Å². The van der Waals surface area contributed by atoms with Crippen LogP contribution in [0.2, 0.25) is 5.02 Å². The van der Waals surface area contributed by atoms with Crippen molar-refractivity contribution in [1.29, 1.82) is 0 Å². The third kappa shape index (κ3) is 3.02. The second kappa shape index (κ2) is 6.82. The van der Waals surface area contributed by atoms with E-state index in [0.717, 1.165) is 31.2 Å². The summed E-state index contributed by atoms with van der Waals surface area (Å²) in [5, 5.41) is 0.562. The van der Waals surface area contributed by atoms with E-state index in [1.807, 2.05) is 30.3 Å². The molecule has 1 atom stereocenters. The second-order valence-electron chi connectivity index (χ2n) is 7.05. The highest BCUT2D eigenvalue weighted by atomic mass is 35.5. The van der Waals surface area contributed by atoms with Gasteiger partial charge in [-0.25, -0.2) is 0 Å². The van der Waals surface area contributed by atoms with Gasteiger partial charge in [-0.05, 0) is 43.4 Å². The van der Waals surface area contributed by atoms with Crippen molar-refractivity contribution in [2.24, 2.45) is 10.7 Å². The lowest BCUT2D eigenvalue weighted by Crippen LogP contribution is -2.51. The molecule has 1 saturated carbocycles. The standard InChI is InChI=1S/C21H20ClN3O2/c22-16-10-8-15(9-11-16)18(19(23)26)25-20(27)17(14-6-2-1-3-7-14)24-21(25)12-4-5-13-21/h1-3,6-11,18H,4-5,12-13H2,(H2,23,26). The molecule has 4 rings (SSSR count). The maximum absolute atomic E-state index is 13.4. The Morgan fingerprint density at radius 1 is 1.07 bits per heavy atom. The molecule has 138 valence electrons. The summed E-state index contributed by atoms with van der Waals surface area (Å²) >= 11 is 5.99. The fraction of sp³-hybridized carbons (Fsp3) is 0.286. The molecule has 2 aliphatic rings. The molecule has 5 nitrogen and oxygen atoms in total. The van der Waals surface area contributed by atoms with Gasteiger partial charge in [-0.1, -0.05) is 54.1 Å². The Balaban J connectivity index is 1.81. The number of hydrogen-bond acceptors (Lipinski definition) is 3.